The molecule has 0 aliphatic heterocycles. The van der Waals surface area contributed by atoms with E-state index in [-0.39, 0.29) is 11.3 Å². The molecule has 0 N–H and O–H groups in total. The van der Waals surface area contributed by atoms with Crippen molar-refractivity contribution in [2.75, 3.05) is 0 Å². The van der Waals surface area contributed by atoms with Crippen LogP contribution < -0.4 is 0 Å². The first-order valence-corrected chi connectivity index (χ1v) is 3.66. The summed E-state index contributed by atoms with van der Waals surface area (Å²) in [6, 6.07) is 5.81. The Morgan fingerprint density at radius 1 is 1.14 bits per heavy atom. The zero-order valence-electron chi connectivity index (χ0n) is 6.99. The first kappa shape index (κ1) is 9.85. The smallest absolute Gasteiger partial charge is 0.259 e. The van der Waals surface area contributed by atoms with Crippen molar-refractivity contribution < 1.29 is 9.85 Å². The average Bonchev–Trinajstić information content (AvgIpc) is 2.15. The van der Waals surface area contributed by atoms with Gasteiger partial charge in [-0.05, 0) is 6.07 Å². The molecule has 0 spiro atoms. The highest BCUT2D eigenvalue weighted by Crippen LogP contribution is 2.18. The van der Waals surface area contributed by atoms with E-state index in [0.29, 0.717) is 6.20 Å². The summed E-state index contributed by atoms with van der Waals surface area (Å²) in [5.41, 5.74) is 0.0693. The van der Waals surface area contributed by atoms with Crippen molar-refractivity contribution in [2.24, 2.45) is 0 Å². The molecule has 0 unspecified atom stereocenters. The Hall–Kier alpha value is -2.24. The lowest BCUT2D eigenvalue weighted by atomic mass is 10.2. The molecule has 0 saturated heterocycles. The summed E-state index contributed by atoms with van der Waals surface area (Å²) < 4.78 is 0. The maximum absolute atomic E-state index is 10.5. The molecule has 6 heteroatoms. The van der Waals surface area contributed by atoms with Crippen LogP contribution in [-0.4, -0.2) is 9.85 Å². The lowest BCUT2D eigenvalue weighted by Gasteiger charge is -1.94. The van der Waals surface area contributed by atoms with Gasteiger partial charge in [0.05, 0.1) is 15.4 Å². The number of hydrogen-bond donors (Lipinski definition) is 0. The quantitative estimate of drug-likeness (QED) is 0.542. The number of rotatable bonds is 3. The molecule has 0 aliphatic rings. The van der Waals surface area contributed by atoms with Crippen molar-refractivity contribution in [3.63, 3.8) is 0 Å². The molecular weight excluding hydrogens is 188 g/mol. The molecule has 1 rings (SSSR count). The van der Waals surface area contributed by atoms with Crippen molar-refractivity contribution in [2.45, 2.75) is 0 Å². The van der Waals surface area contributed by atoms with Crippen molar-refractivity contribution in [3.8, 4) is 0 Å². The Kier molecular flexibility index (Phi) is 2.90. The number of benzene rings is 1. The van der Waals surface area contributed by atoms with E-state index in [2.05, 4.69) is 0 Å². The fourth-order valence-corrected chi connectivity index (χ4v) is 0.936. The van der Waals surface area contributed by atoms with E-state index in [9.17, 15) is 20.2 Å². The molecule has 14 heavy (non-hydrogen) atoms. The van der Waals surface area contributed by atoms with Gasteiger partial charge in [0, 0.05) is 12.1 Å². The molecule has 0 bridgehead atoms. The molecule has 0 atom stereocenters. The Labute approximate surface area is 78.8 Å². The van der Waals surface area contributed by atoms with Gasteiger partial charge in [0.2, 0.25) is 6.20 Å². The van der Waals surface area contributed by atoms with Crippen molar-refractivity contribution >= 4 is 11.8 Å². The van der Waals surface area contributed by atoms with Gasteiger partial charge in [0.25, 0.3) is 5.69 Å². The van der Waals surface area contributed by atoms with Crippen LogP contribution in [0, 0.1) is 20.2 Å². The maximum atomic E-state index is 10.5. The molecule has 0 fully saturated rings. The number of nitro groups is 2. The third-order valence-electron chi connectivity index (χ3n) is 1.51. The number of para-hydroxylation sites is 1. The molecule has 72 valence electrons. The highest BCUT2D eigenvalue weighted by molar-refractivity contribution is 5.59. The lowest BCUT2D eigenvalue weighted by molar-refractivity contribution is -0.401. The van der Waals surface area contributed by atoms with Crippen LogP contribution in [0.1, 0.15) is 5.56 Å². The van der Waals surface area contributed by atoms with Crippen LogP contribution in [0.25, 0.3) is 6.08 Å². The third kappa shape index (κ3) is 2.37. The summed E-state index contributed by atoms with van der Waals surface area (Å²) >= 11 is 0. The molecule has 0 aromatic heterocycles. The Balaban J connectivity index is 3.07. The van der Waals surface area contributed by atoms with Gasteiger partial charge in [-0.2, -0.15) is 0 Å². The second-order valence-corrected chi connectivity index (χ2v) is 2.42. The van der Waals surface area contributed by atoms with Crippen LogP contribution in [0.3, 0.4) is 0 Å². The minimum atomic E-state index is -0.670. The van der Waals surface area contributed by atoms with Crippen molar-refractivity contribution in [1.29, 1.82) is 0 Å². The number of nitrogens with zero attached hydrogens (tertiary/aromatic N) is 2. The fraction of sp³-hybridized carbons (Fsp3) is 0. The summed E-state index contributed by atoms with van der Waals surface area (Å²) in [7, 11) is 0. The minimum Gasteiger partial charge on any atom is -0.259 e. The first-order valence-electron chi connectivity index (χ1n) is 3.66. The number of nitro benzene ring substituents is 1. The molecule has 1 aromatic rings. The standard InChI is InChI=1S/C8H6N2O4/c11-9(12)6-5-7-3-1-2-4-8(7)10(13)14/h1-6H. The zero-order chi connectivity index (χ0) is 10.6. The highest BCUT2D eigenvalue weighted by atomic mass is 16.6. The predicted octanol–water partition coefficient (Wildman–Crippen LogP) is 1.84. The van der Waals surface area contributed by atoms with Crippen LogP contribution >= 0.6 is 0 Å². The van der Waals surface area contributed by atoms with Crippen molar-refractivity contribution in [3.05, 3.63) is 56.3 Å². The predicted molar refractivity (Wildman–Crippen MR) is 49.1 cm³/mol. The number of hydrogen-bond acceptors (Lipinski definition) is 4. The van der Waals surface area contributed by atoms with Gasteiger partial charge in [-0.15, -0.1) is 0 Å². The molecule has 1 aromatic carbocycles. The highest BCUT2D eigenvalue weighted by Gasteiger charge is 2.09. The molecule has 0 radical (unpaired) electrons. The van der Waals surface area contributed by atoms with Crippen LogP contribution in [0.2, 0.25) is 0 Å². The van der Waals surface area contributed by atoms with Gasteiger partial charge in [0.1, 0.15) is 0 Å². The second kappa shape index (κ2) is 4.13. The molecule has 0 heterocycles. The van der Waals surface area contributed by atoms with Crippen LogP contribution in [0.5, 0.6) is 0 Å². The van der Waals surface area contributed by atoms with Gasteiger partial charge in [-0.3, -0.25) is 20.2 Å². The van der Waals surface area contributed by atoms with E-state index in [0.717, 1.165) is 6.08 Å². The van der Waals surface area contributed by atoms with E-state index in [1.165, 1.54) is 18.2 Å². The Morgan fingerprint density at radius 3 is 2.36 bits per heavy atom. The van der Waals surface area contributed by atoms with E-state index in [4.69, 9.17) is 0 Å². The van der Waals surface area contributed by atoms with Gasteiger partial charge in [-0.1, -0.05) is 12.1 Å². The van der Waals surface area contributed by atoms with Crippen LogP contribution in [-0.2, 0) is 0 Å². The van der Waals surface area contributed by atoms with E-state index in [1.54, 1.807) is 6.07 Å². The largest absolute Gasteiger partial charge is 0.276 e. The molecule has 6 nitrogen and oxygen atoms in total. The minimum absolute atomic E-state index is 0.148. The SMILES string of the molecule is O=[N+]([O-])C=Cc1ccccc1[N+](=O)[O-]. The van der Waals surface area contributed by atoms with Gasteiger partial charge < -0.3 is 0 Å². The summed E-state index contributed by atoms with van der Waals surface area (Å²) in [5.74, 6) is 0. The van der Waals surface area contributed by atoms with Crippen molar-refractivity contribution in [1.82, 2.24) is 0 Å². The zero-order valence-corrected chi connectivity index (χ0v) is 6.99. The van der Waals surface area contributed by atoms with Gasteiger partial charge in [-0.25, -0.2) is 0 Å². The first-order chi connectivity index (χ1) is 6.61. The van der Waals surface area contributed by atoms with Crippen LogP contribution in [0.4, 0.5) is 5.69 Å². The van der Waals surface area contributed by atoms with E-state index >= 15 is 0 Å². The summed E-state index contributed by atoms with van der Waals surface area (Å²) in [6.45, 7) is 0. The maximum Gasteiger partial charge on any atom is 0.276 e. The summed E-state index contributed by atoms with van der Waals surface area (Å²) in [5, 5.41) is 20.5. The van der Waals surface area contributed by atoms with E-state index in [1.807, 2.05) is 0 Å². The normalized spacial score (nSPS) is 10.3. The topological polar surface area (TPSA) is 86.3 Å². The molecule has 0 aliphatic carbocycles. The molecule has 0 amide bonds. The molecule has 0 saturated carbocycles. The second-order valence-electron chi connectivity index (χ2n) is 2.42. The monoisotopic (exact) mass is 194 g/mol. The van der Waals surface area contributed by atoms with Gasteiger partial charge in [0.15, 0.2) is 0 Å². The lowest BCUT2D eigenvalue weighted by Crippen LogP contribution is -1.91. The Bertz CT molecular complexity index is 400. The molecular formula is C8H6N2O4. The Morgan fingerprint density at radius 2 is 1.79 bits per heavy atom. The average molecular weight is 194 g/mol. The van der Waals surface area contributed by atoms with E-state index < -0.39 is 9.85 Å². The van der Waals surface area contributed by atoms with Crippen LogP contribution in [0.15, 0.2) is 30.5 Å². The summed E-state index contributed by atoms with van der Waals surface area (Å²) in [4.78, 5) is 19.2. The summed E-state index contributed by atoms with van der Waals surface area (Å²) in [6.07, 6.45) is 1.76. The fourth-order valence-electron chi connectivity index (χ4n) is 0.936. The third-order valence-corrected chi connectivity index (χ3v) is 1.51. The van der Waals surface area contributed by atoms with Gasteiger partial charge >= 0.3 is 0 Å².